The largest absolute Gasteiger partial charge is 0.490 e. The number of aryl methyl sites for hydroxylation is 1. The van der Waals surface area contributed by atoms with E-state index >= 15 is 0 Å². The van der Waals surface area contributed by atoms with Crippen molar-refractivity contribution in [3.8, 4) is 5.75 Å². The quantitative estimate of drug-likeness (QED) is 0.571. The Morgan fingerprint density at radius 2 is 1.80 bits per heavy atom. The number of nitrogens with one attached hydrogen (secondary N) is 2. The van der Waals surface area contributed by atoms with Crippen LogP contribution in [0.4, 0.5) is 0 Å². The van der Waals surface area contributed by atoms with Crippen molar-refractivity contribution in [3.05, 3.63) is 63.6 Å². The van der Waals surface area contributed by atoms with Crippen molar-refractivity contribution in [2.45, 2.75) is 6.92 Å². The second kappa shape index (κ2) is 9.19. The summed E-state index contributed by atoms with van der Waals surface area (Å²) in [7, 11) is 1.57. The summed E-state index contributed by atoms with van der Waals surface area (Å²) in [4.78, 5) is 24.5. The second-order valence-corrected chi connectivity index (χ2v) is 6.18. The molecule has 2 rings (SSSR count). The minimum Gasteiger partial charge on any atom is -0.490 e. The van der Waals surface area contributed by atoms with Gasteiger partial charge in [0, 0.05) is 17.1 Å². The summed E-state index contributed by atoms with van der Waals surface area (Å²) in [5.74, 6) is -0.467. The van der Waals surface area contributed by atoms with E-state index in [1.165, 1.54) is 0 Å². The Morgan fingerprint density at radius 1 is 1.04 bits per heavy atom. The first kappa shape index (κ1) is 19.0. The van der Waals surface area contributed by atoms with E-state index in [0.29, 0.717) is 30.1 Å². The fourth-order valence-corrected chi connectivity index (χ4v) is 2.44. The Morgan fingerprint density at radius 3 is 2.52 bits per heavy atom. The maximum atomic E-state index is 12.4. The van der Waals surface area contributed by atoms with Crippen molar-refractivity contribution in [3.63, 3.8) is 0 Å². The minimum absolute atomic E-state index is 0.301. The van der Waals surface area contributed by atoms with Crippen molar-refractivity contribution in [2.24, 2.45) is 0 Å². The number of rotatable bonds is 6. The molecule has 7 heteroatoms. The van der Waals surface area contributed by atoms with Crippen molar-refractivity contribution in [2.75, 3.05) is 20.3 Å². The van der Waals surface area contributed by atoms with Crippen LogP contribution in [-0.2, 0) is 4.74 Å². The van der Waals surface area contributed by atoms with Crippen LogP contribution in [-0.4, -0.2) is 32.1 Å². The van der Waals surface area contributed by atoms with Gasteiger partial charge in [-0.25, -0.2) is 0 Å². The van der Waals surface area contributed by atoms with Crippen LogP contribution in [0.3, 0.4) is 0 Å². The molecule has 0 aliphatic heterocycles. The average Bonchev–Trinajstić information content (AvgIpc) is 2.60. The molecule has 0 atom stereocenters. The zero-order chi connectivity index (χ0) is 18.2. The lowest BCUT2D eigenvalue weighted by molar-refractivity contribution is 0.0842. The Balaban J connectivity index is 2.04. The Labute approximate surface area is 154 Å². The average molecular weight is 407 g/mol. The van der Waals surface area contributed by atoms with Crippen LogP contribution < -0.4 is 15.6 Å². The van der Waals surface area contributed by atoms with Gasteiger partial charge in [0.2, 0.25) is 0 Å². The Kier molecular flexibility index (Phi) is 6.97. The van der Waals surface area contributed by atoms with E-state index < -0.39 is 11.8 Å². The molecule has 0 heterocycles. The zero-order valence-electron chi connectivity index (χ0n) is 14.0. The normalized spacial score (nSPS) is 10.2. The van der Waals surface area contributed by atoms with Gasteiger partial charge in [0.15, 0.2) is 0 Å². The number of methoxy groups -OCH3 is 1. The molecule has 25 heavy (non-hydrogen) atoms. The number of halogens is 1. The number of amides is 2. The first-order valence-corrected chi connectivity index (χ1v) is 8.39. The number of hydrogen-bond acceptors (Lipinski definition) is 4. The number of ether oxygens (including phenoxy) is 2. The predicted octanol–water partition coefficient (Wildman–Crippen LogP) is 2.86. The molecule has 0 aliphatic carbocycles. The third-order valence-electron chi connectivity index (χ3n) is 3.30. The lowest BCUT2D eigenvalue weighted by atomic mass is 10.1. The Hall–Kier alpha value is -2.38. The van der Waals surface area contributed by atoms with E-state index in [-0.39, 0.29) is 0 Å². The minimum atomic E-state index is -0.477. The fraction of sp³-hybridized carbons (Fsp3) is 0.222. The first-order chi connectivity index (χ1) is 12.0. The fourth-order valence-electron chi connectivity index (χ4n) is 2.08. The smallest absolute Gasteiger partial charge is 0.273 e. The molecule has 0 radical (unpaired) electrons. The summed E-state index contributed by atoms with van der Waals surface area (Å²) < 4.78 is 11.2. The highest BCUT2D eigenvalue weighted by Gasteiger charge is 2.15. The van der Waals surface area contributed by atoms with Crippen LogP contribution in [0.25, 0.3) is 0 Å². The Bertz CT molecular complexity index is 764. The van der Waals surface area contributed by atoms with Crippen LogP contribution >= 0.6 is 15.9 Å². The van der Waals surface area contributed by atoms with E-state index in [1.54, 1.807) is 43.5 Å². The van der Waals surface area contributed by atoms with Gasteiger partial charge in [-0.2, -0.15) is 0 Å². The summed E-state index contributed by atoms with van der Waals surface area (Å²) in [6.07, 6.45) is 0. The molecular formula is C18H19BrN2O4. The molecule has 0 fully saturated rings. The lowest BCUT2D eigenvalue weighted by Gasteiger charge is -2.13. The van der Waals surface area contributed by atoms with Crippen LogP contribution in [0.15, 0.2) is 46.9 Å². The van der Waals surface area contributed by atoms with Gasteiger partial charge in [0.1, 0.15) is 12.4 Å². The van der Waals surface area contributed by atoms with Gasteiger partial charge in [-0.15, -0.1) is 0 Å². The molecule has 132 valence electrons. The molecule has 2 aromatic carbocycles. The van der Waals surface area contributed by atoms with Gasteiger partial charge in [0.25, 0.3) is 11.8 Å². The zero-order valence-corrected chi connectivity index (χ0v) is 15.6. The van der Waals surface area contributed by atoms with Crippen LogP contribution in [0.1, 0.15) is 26.3 Å². The molecule has 0 aliphatic rings. The molecule has 2 aromatic rings. The molecule has 0 unspecified atom stereocenters. The van der Waals surface area contributed by atoms with Crippen molar-refractivity contribution >= 4 is 27.7 Å². The summed E-state index contributed by atoms with van der Waals surface area (Å²) >= 11 is 3.32. The lowest BCUT2D eigenvalue weighted by Crippen LogP contribution is -2.41. The molecule has 0 aromatic heterocycles. The highest BCUT2D eigenvalue weighted by atomic mass is 79.9. The summed E-state index contributed by atoms with van der Waals surface area (Å²) in [5.41, 5.74) is 6.53. The number of benzene rings is 2. The third-order valence-corrected chi connectivity index (χ3v) is 3.79. The molecule has 6 nitrogen and oxygen atoms in total. The molecular weight excluding hydrogens is 388 g/mol. The van der Waals surface area contributed by atoms with Gasteiger partial charge >= 0.3 is 0 Å². The van der Waals surface area contributed by atoms with Crippen molar-refractivity contribution in [1.29, 1.82) is 0 Å². The van der Waals surface area contributed by atoms with Gasteiger partial charge in [-0.3, -0.25) is 20.4 Å². The maximum absolute atomic E-state index is 12.4. The van der Waals surface area contributed by atoms with Gasteiger partial charge < -0.3 is 9.47 Å². The topological polar surface area (TPSA) is 76.7 Å². The van der Waals surface area contributed by atoms with Gasteiger partial charge in [0.05, 0.1) is 12.2 Å². The predicted molar refractivity (Wildman–Crippen MR) is 97.6 cm³/mol. The van der Waals surface area contributed by atoms with Gasteiger partial charge in [-0.05, 0) is 37.3 Å². The van der Waals surface area contributed by atoms with Crippen LogP contribution in [0.2, 0.25) is 0 Å². The molecule has 2 N–H and O–H groups in total. The van der Waals surface area contributed by atoms with Crippen molar-refractivity contribution < 1.29 is 19.1 Å². The monoisotopic (exact) mass is 406 g/mol. The molecule has 0 saturated carbocycles. The maximum Gasteiger partial charge on any atom is 0.273 e. The molecule has 0 spiro atoms. The highest BCUT2D eigenvalue weighted by Crippen LogP contribution is 2.23. The van der Waals surface area contributed by atoms with E-state index in [4.69, 9.17) is 9.47 Å². The molecule has 2 amide bonds. The first-order valence-electron chi connectivity index (χ1n) is 7.60. The number of hydrazine groups is 1. The van der Waals surface area contributed by atoms with Crippen molar-refractivity contribution in [1.82, 2.24) is 10.9 Å². The summed E-state index contributed by atoms with van der Waals surface area (Å²) in [6.45, 7) is 2.61. The van der Waals surface area contributed by atoms with Crippen LogP contribution in [0.5, 0.6) is 5.75 Å². The number of carbonyl (C=O) groups is 2. The standard InChI is InChI=1S/C18H19BrN2O4/c1-12-4-3-5-13(10-12)17(22)20-21-18(23)15-11-14(19)6-7-16(15)25-9-8-24-2/h3-7,10-11H,8-9H2,1-2H3,(H,20,22)(H,21,23). The van der Waals surface area contributed by atoms with E-state index in [1.807, 2.05) is 13.0 Å². The SMILES string of the molecule is COCCOc1ccc(Br)cc1C(=O)NNC(=O)c1cccc(C)c1. The second-order valence-electron chi connectivity index (χ2n) is 5.26. The van der Waals surface area contributed by atoms with Crippen LogP contribution in [0, 0.1) is 6.92 Å². The highest BCUT2D eigenvalue weighted by molar-refractivity contribution is 9.10. The number of carbonyl (C=O) groups excluding carboxylic acids is 2. The molecule has 0 saturated heterocycles. The third kappa shape index (κ3) is 5.58. The van der Waals surface area contributed by atoms with Gasteiger partial charge in [-0.1, -0.05) is 33.6 Å². The van der Waals surface area contributed by atoms with E-state index in [9.17, 15) is 9.59 Å². The summed E-state index contributed by atoms with van der Waals surface area (Å²) in [6, 6.07) is 12.1. The summed E-state index contributed by atoms with van der Waals surface area (Å²) in [5, 5.41) is 0. The number of hydrogen-bond donors (Lipinski definition) is 2. The van der Waals surface area contributed by atoms with E-state index in [2.05, 4.69) is 26.8 Å². The van der Waals surface area contributed by atoms with E-state index in [0.717, 1.165) is 10.0 Å². The molecule has 0 bridgehead atoms.